The van der Waals surface area contributed by atoms with Crippen LogP contribution in [0.25, 0.3) is 16.6 Å². The predicted molar refractivity (Wildman–Crippen MR) is 127 cm³/mol. The van der Waals surface area contributed by atoms with Crippen molar-refractivity contribution >= 4 is 26.6 Å². The van der Waals surface area contributed by atoms with Crippen molar-refractivity contribution in [1.29, 1.82) is 0 Å². The first-order valence-corrected chi connectivity index (χ1v) is 12.4. The van der Waals surface area contributed by atoms with Crippen LogP contribution in [0.3, 0.4) is 0 Å². The van der Waals surface area contributed by atoms with Gasteiger partial charge in [-0.3, -0.25) is 0 Å². The Labute approximate surface area is 185 Å². The van der Waals surface area contributed by atoms with Gasteiger partial charge in [-0.25, -0.2) is 13.4 Å². The molecule has 0 fully saturated rings. The molecule has 5 nitrogen and oxygen atoms in total. The average Bonchev–Trinajstić information content (AvgIpc) is 3.12. The van der Waals surface area contributed by atoms with E-state index in [1.54, 1.807) is 16.4 Å². The van der Waals surface area contributed by atoms with Gasteiger partial charge in [0.2, 0.25) is 10.0 Å². The first kappa shape index (κ1) is 21.8. The number of rotatable bonds is 5. The van der Waals surface area contributed by atoms with Crippen molar-refractivity contribution in [1.82, 2.24) is 13.9 Å². The Morgan fingerprint density at radius 3 is 2.45 bits per heavy atom. The fourth-order valence-corrected chi connectivity index (χ4v) is 5.56. The second-order valence-corrected chi connectivity index (χ2v) is 11.2. The zero-order valence-corrected chi connectivity index (χ0v) is 19.6. The summed E-state index contributed by atoms with van der Waals surface area (Å²) in [6, 6.07) is 11.4. The van der Waals surface area contributed by atoms with Gasteiger partial charge in [0.25, 0.3) is 0 Å². The molecule has 0 radical (unpaired) electrons. The standard InChI is InChI=1S/C25H31N3O2S/c1-5-15-27-18-23(22-7-6-14-26-24(22)27)19-12-16-28(17-13-19)31(29,30)21-10-8-20(9-11-21)25(2,3)4/h6-12,14,18H,5,13,15-17H2,1-4H3. The predicted octanol–water partition coefficient (Wildman–Crippen LogP) is 5.22. The molecule has 0 saturated carbocycles. The largest absolute Gasteiger partial charge is 0.332 e. The lowest BCUT2D eigenvalue weighted by Crippen LogP contribution is -2.34. The van der Waals surface area contributed by atoms with E-state index >= 15 is 0 Å². The summed E-state index contributed by atoms with van der Waals surface area (Å²) in [5.41, 5.74) is 4.49. The van der Waals surface area contributed by atoms with E-state index in [-0.39, 0.29) is 5.41 Å². The average molecular weight is 438 g/mol. The molecule has 0 amide bonds. The molecule has 4 rings (SSSR count). The number of benzene rings is 1. The second-order valence-electron chi connectivity index (χ2n) is 9.23. The highest BCUT2D eigenvalue weighted by Gasteiger charge is 2.27. The molecule has 0 bridgehead atoms. The van der Waals surface area contributed by atoms with Crippen LogP contribution in [0.15, 0.2) is 59.8 Å². The van der Waals surface area contributed by atoms with Crippen LogP contribution in [0.5, 0.6) is 0 Å². The Morgan fingerprint density at radius 1 is 1.10 bits per heavy atom. The number of aromatic nitrogens is 2. The van der Waals surface area contributed by atoms with E-state index in [9.17, 15) is 8.42 Å². The zero-order valence-electron chi connectivity index (χ0n) is 18.8. The lowest BCUT2D eigenvalue weighted by Gasteiger charge is -2.26. The van der Waals surface area contributed by atoms with Gasteiger partial charge in [-0.15, -0.1) is 0 Å². The molecule has 31 heavy (non-hydrogen) atoms. The minimum absolute atomic E-state index is 0.00311. The van der Waals surface area contributed by atoms with Crippen LogP contribution in [0.1, 0.15) is 51.7 Å². The summed E-state index contributed by atoms with van der Waals surface area (Å²) in [5, 5.41) is 1.14. The Hall–Kier alpha value is -2.44. The lowest BCUT2D eigenvalue weighted by atomic mass is 9.87. The highest BCUT2D eigenvalue weighted by Crippen LogP contribution is 2.32. The molecular formula is C25H31N3O2S. The Balaban J connectivity index is 1.59. The highest BCUT2D eigenvalue weighted by molar-refractivity contribution is 7.89. The lowest BCUT2D eigenvalue weighted by molar-refractivity contribution is 0.441. The number of pyridine rings is 1. The summed E-state index contributed by atoms with van der Waals surface area (Å²) in [4.78, 5) is 4.92. The maximum absolute atomic E-state index is 13.2. The molecule has 1 aromatic carbocycles. The van der Waals surface area contributed by atoms with Crippen LogP contribution in [0, 0.1) is 0 Å². The summed E-state index contributed by atoms with van der Waals surface area (Å²) in [6.07, 6.45) is 7.79. The second kappa shape index (κ2) is 8.24. The molecular weight excluding hydrogens is 406 g/mol. The molecule has 3 aromatic rings. The van der Waals surface area contributed by atoms with Gasteiger partial charge in [-0.05, 0) is 53.7 Å². The van der Waals surface area contributed by atoms with Gasteiger partial charge < -0.3 is 4.57 Å². The Bertz CT molecular complexity index is 1220. The van der Waals surface area contributed by atoms with Crippen LogP contribution < -0.4 is 0 Å². The molecule has 2 aromatic heterocycles. The summed E-state index contributed by atoms with van der Waals surface area (Å²) in [5.74, 6) is 0. The first-order valence-electron chi connectivity index (χ1n) is 11.0. The summed E-state index contributed by atoms with van der Waals surface area (Å²) in [7, 11) is -3.50. The van der Waals surface area contributed by atoms with E-state index < -0.39 is 10.0 Å². The van der Waals surface area contributed by atoms with Gasteiger partial charge in [0.15, 0.2) is 0 Å². The number of aryl methyl sites for hydroxylation is 1. The Kier molecular flexibility index (Phi) is 5.79. The number of sulfonamides is 1. The summed E-state index contributed by atoms with van der Waals surface area (Å²) < 4.78 is 30.1. The maximum atomic E-state index is 13.2. The summed E-state index contributed by atoms with van der Waals surface area (Å²) >= 11 is 0. The topological polar surface area (TPSA) is 55.2 Å². The fraction of sp³-hybridized carbons (Fsp3) is 0.400. The van der Waals surface area contributed by atoms with Crippen molar-refractivity contribution in [3.05, 3.63) is 66.0 Å². The molecule has 0 aliphatic carbocycles. The van der Waals surface area contributed by atoms with Crippen molar-refractivity contribution in [3.63, 3.8) is 0 Å². The van der Waals surface area contributed by atoms with E-state index in [2.05, 4.69) is 55.6 Å². The molecule has 1 aliphatic heterocycles. The molecule has 0 unspecified atom stereocenters. The van der Waals surface area contributed by atoms with Crippen molar-refractivity contribution in [2.75, 3.05) is 13.1 Å². The van der Waals surface area contributed by atoms with Gasteiger partial charge in [0.05, 0.1) is 4.90 Å². The van der Waals surface area contributed by atoms with E-state index in [4.69, 9.17) is 0 Å². The van der Waals surface area contributed by atoms with E-state index in [0.717, 1.165) is 29.6 Å². The molecule has 0 spiro atoms. The molecule has 6 heteroatoms. The van der Waals surface area contributed by atoms with E-state index in [1.165, 1.54) is 11.1 Å². The number of hydrogen-bond acceptors (Lipinski definition) is 3. The molecule has 3 heterocycles. The van der Waals surface area contributed by atoms with Crippen LogP contribution in [0.2, 0.25) is 0 Å². The maximum Gasteiger partial charge on any atom is 0.243 e. The van der Waals surface area contributed by atoms with Gasteiger partial charge >= 0.3 is 0 Å². The minimum Gasteiger partial charge on any atom is -0.332 e. The number of fused-ring (bicyclic) bond motifs is 1. The Morgan fingerprint density at radius 2 is 1.84 bits per heavy atom. The van der Waals surface area contributed by atoms with Gasteiger partial charge in [0.1, 0.15) is 5.65 Å². The number of hydrogen-bond donors (Lipinski definition) is 0. The van der Waals surface area contributed by atoms with Crippen LogP contribution >= 0.6 is 0 Å². The third kappa shape index (κ3) is 4.19. The SMILES string of the molecule is CCCn1cc(C2=CCN(S(=O)(=O)c3ccc(C(C)(C)C)cc3)CC2)c2cccnc21. The normalized spacial score (nSPS) is 15.9. The third-order valence-electron chi connectivity index (χ3n) is 5.97. The van der Waals surface area contributed by atoms with Crippen molar-refractivity contribution in [2.45, 2.75) is 57.4 Å². The van der Waals surface area contributed by atoms with E-state index in [1.807, 2.05) is 24.4 Å². The smallest absolute Gasteiger partial charge is 0.243 e. The van der Waals surface area contributed by atoms with E-state index in [0.29, 0.717) is 24.4 Å². The van der Waals surface area contributed by atoms with Crippen molar-refractivity contribution in [3.8, 4) is 0 Å². The molecule has 164 valence electrons. The van der Waals surface area contributed by atoms with Crippen LogP contribution in [0.4, 0.5) is 0 Å². The van der Waals surface area contributed by atoms with Crippen molar-refractivity contribution in [2.24, 2.45) is 0 Å². The monoisotopic (exact) mass is 437 g/mol. The van der Waals surface area contributed by atoms with Crippen LogP contribution in [-0.2, 0) is 22.0 Å². The van der Waals surface area contributed by atoms with Gasteiger partial charge in [-0.1, -0.05) is 45.9 Å². The molecule has 0 N–H and O–H groups in total. The van der Waals surface area contributed by atoms with Gasteiger partial charge in [0, 0.05) is 43.0 Å². The highest BCUT2D eigenvalue weighted by atomic mass is 32.2. The van der Waals surface area contributed by atoms with Gasteiger partial charge in [-0.2, -0.15) is 4.31 Å². The molecule has 0 saturated heterocycles. The number of nitrogens with zero attached hydrogens (tertiary/aromatic N) is 3. The molecule has 1 aliphatic rings. The molecule has 0 atom stereocenters. The third-order valence-corrected chi connectivity index (χ3v) is 7.85. The fourth-order valence-electron chi connectivity index (χ4n) is 4.18. The minimum atomic E-state index is -3.50. The quantitative estimate of drug-likeness (QED) is 0.550. The van der Waals surface area contributed by atoms with Crippen molar-refractivity contribution < 1.29 is 8.42 Å². The summed E-state index contributed by atoms with van der Waals surface area (Å²) in [6.45, 7) is 10.3. The van der Waals surface area contributed by atoms with Crippen LogP contribution in [-0.4, -0.2) is 35.4 Å². The zero-order chi connectivity index (χ0) is 22.2. The first-order chi connectivity index (χ1) is 14.7.